The fourth-order valence-electron chi connectivity index (χ4n) is 1.26. The summed E-state index contributed by atoms with van der Waals surface area (Å²) < 4.78 is 37.2. The van der Waals surface area contributed by atoms with Gasteiger partial charge in [0.1, 0.15) is 11.5 Å². The smallest absolute Gasteiger partial charge is 0.247 e. The summed E-state index contributed by atoms with van der Waals surface area (Å²) in [5.74, 6) is 0. The summed E-state index contributed by atoms with van der Waals surface area (Å²) in [5, 5.41) is 4.42. The molecule has 0 radical (unpaired) electrons. The van der Waals surface area contributed by atoms with Gasteiger partial charge in [0.25, 0.3) is 0 Å². The molecule has 0 N–H and O–H groups in total. The Balaban J connectivity index is 2.29. The van der Waals surface area contributed by atoms with Crippen molar-refractivity contribution in [1.29, 1.82) is 0 Å². The second kappa shape index (κ2) is 3.89. The van der Waals surface area contributed by atoms with Crippen LogP contribution in [0.2, 0.25) is 5.15 Å². The first-order chi connectivity index (χ1) is 7.47. The summed E-state index contributed by atoms with van der Waals surface area (Å²) in [7, 11) is 0. The molecule has 0 unspecified atom stereocenters. The van der Waals surface area contributed by atoms with Crippen LogP contribution in [0.25, 0.3) is 11.0 Å². The third-order valence-corrected chi connectivity index (χ3v) is 2.29. The van der Waals surface area contributed by atoms with Gasteiger partial charge in [-0.15, -0.1) is 0 Å². The van der Waals surface area contributed by atoms with Crippen LogP contribution in [-0.2, 0) is 6.54 Å². The standard InChI is InChI=1S/C8H6ClF3N4/c9-6-5-3-15-16(2-1-8(10,11)12)7(5)14-4-13-6/h3-4H,1-2H2. The van der Waals surface area contributed by atoms with Crippen LogP contribution < -0.4 is 0 Å². The Morgan fingerprint density at radius 1 is 1.31 bits per heavy atom. The number of fused-ring (bicyclic) bond motifs is 1. The maximum Gasteiger partial charge on any atom is 0.390 e. The molecule has 2 rings (SSSR count). The number of rotatable bonds is 2. The molecule has 86 valence electrons. The minimum atomic E-state index is -4.21. The van der Waals surface area contributed by atoms with Gasteiger partial charge in [-0.1, -0.05) is 11.6 Å². The van der Waals surface area contributed by atoms with Crippen molar-refractivity contribution in [3.05, 3.63) is 17.7 Å². The molecular formula is C8H6ClF3N4. The molecule has 0 atom stereocenters. The van der Waals surface area contributed by atoms with E-state index in [1.165, 1.54) is 12.5 Å². The molecule has 0 aliphatic heterocycles. The van der Waals surface area contributed by atoms with E-state index in [0.717, 1.165) is 4.68 Å². The quantitative estimate of drug-likeness (QED) is 0.769. The number of nitrogens with zero attached hydrogens (tertiary/aromatic N) is 4. The van der Waals surface area contributed by atoms with Gasteiger partial charge in [-0.2, -0.15) is 18.3 Å². The predicted octanol–water partition coefficient (Wildman–Crippen LogP) is 2.43. The van der Waals surface area contributed by atoms with Gasteiger partial charge in [0.2, 0.25) is 0 Å². The Bertz CT molecular complexity index is 507. The molecule has 8 heteroatoms. The summed E-state index contributed by atoms with van der Waals surface area (Å²) in [6.45, 7) is -0.277. The van der Waals surface area contributed by atoms with Crippen molar-refractivity contribution in [2.24, 2.45) is 0 Å². The highest BCUT2D eigenvalue weighted by molar-refractivity contribution is 6.33. The highest BCUT2D eigenvalue weighted by Crippen LogP contribution is 2.22. The van der Waals surface area contributed by atoms with Crippen molar-refractivity contribution in [3.63, 3.8) is 0 Å². The van der Waals surface area contributed by atoms with Crippen LogP contribution in [0.4, 0.5) is 13.2 Å². The average Bonchev–Trinajstić information content (AvgIpc) is 2.58. The molecule has 0 aromatic carbocycles. The number of aromatic nitrogens is 4. The van der Waals surface area contributed by atoms with Crippen LogP contribution in [0.15, 0.2) is 12.5 Å². The maximum atomic E-state index is 12.0. The van der Waals surface area contributed by atoms with E-state index in [1.807, 2.05) is 0 Å². The van der Waals surface area contributed by atoms with E-state index in [2.05, 4.69) is 15.1 Å². The molecule has 2 aromatic rings. The molecule has 0 aliphatic carbocycles. The Morgan fingerprint density at radius 3 is 2.75 bits per heavy atom. The second-order valence-electron chi connectivity index (χ2n) is 3.13. The minimum absolute atomic E-state index is 0.184. The molecule has 2 heterocycles. The molecule has 0 bridgehead atoms. The van der Waals surface area contributed by atoms with Gasteiger partial charge in [0.15, 0.2) is 5.65 Å². The molecule has 0 fully saturated rings. The fourth-order valence-corrected chi connectivity index (χ4v) is 1.44. The molecule has 0 aliphatic rings. The van der Waals surface area contributed by atoms with Crippen LogP contribution >= 0.6 is 11.6 Å². The zero-order valence-electron chi connectivity index (χ0n) is 7.87. The van der Waals surface area contributed by atoms with Crippen molar-refractivity contribution in [2.45, 2.75) is 19.1 Å². The van der Waals surface area contributed by atoms with Crippen molar-refractivity contribution in [2.75, 3.05) is 0 Å². The van der Waals surface area contributed by atoms with E-state index < -0.39 is 12.6 Å². The molecule has 2 aromatic heterocycles. The van der Waals surface area contributed by atoms with Gasteiger partial charge in [0, 0.05) is 0 Å². The molecule has 16 heavy (non-hydrogen) atoms. The summed E-state index contributed by atoms with van der Waals surface area (Å²) in [6, 6.07) is 0. The van der Waals surface area contributed by atoms with Gasteiger partial charge in [-0.3, -0.25) is 0 Å². The summed E-state index contributed by atoms with van der Waals surface area (Å²) in [4.78, 5) is 7.55. The van der Waals surface area contributed by atoms with E-state index in [4.69, 9.17) is 11.6 Å². The number of hydrogen-bond acceptors (Lipinski definition) is 3. The number of hydrogen-bond donors (Lipinski definition) is 0. The van der Waals surface area contributed by atoms with Crippen LogP contribution in [0.1, 0.15) is 6.42 Å². The molecular weight excluding hydrogens is 245 g/mol. The zero-order chi connectivity index (χ0) is 11.8. The van der Waals surface area contributed by atoms with Crippen molar-refractivity contribution < 1.29 is 13.2 Å². The number of aryl methyl sites for hydroxylation is 1. The predicted molar refractivity (Wildman–Crippen MR) is 51.0 cm³/mol. The number of halogens is 4. The van der Waals surface area contributed by atoms with Crippen LogP contribution in [0, 0.1) is 0 Å². The number of alkyl halides is 3. The first-order valence-electron chi connectivity index (χ1n) is 4.36. The monoisotopic (exact) mass is 250 g/mol. The topological polar surface area (TPSA) is 43.6 Å². The first-order valence-corrected chi connectivity index (χ1v) is 4.74. The zero-order valence-corrected chi connectivity index (χ0v) is 8.63. The molecule has 0 saturated heterocycles. The average molecular weight is 251 g/mol. The van der Waals surface area contributed by atoms with Crippen LogP contribution in [-0.4, -0.2) is 25.9 Å². The summed E-state index contributed by atoms with van der Waals surface area (Å²) >= 11 is 5.73. The maximum absolute atomic E-state index is 12.0. The van der Waals surface area contributed by atoms with Crippen molar-refractivity contribution in [1.82, 2.24) is 19.7 Å². The Morgan fingerprint density at radius 2 is 2.06 bits per heavy atom. The van der Waals surface area contributed by atoms with E-state index in [1.54, 1.807) is 0 Å². The summed E-state index contributed by atoms with van der Waals surface area (Å²) in [5.41, 5.74) is 0.309. The largest absolute Gasteiger partial charge is 0.390 e. The normalized spacial score (nSPS) is 12.2. The van der Waals surface area contributed by atoms with Gasteiger partial charge < -0.3 is 0 Å². The lowest BCUT2D eigenvalue weighted by Gasteiger charge is -2.06. The Labute approximate surface area is 93.1 Å². The van der Waals surface area contributed by atoms with Gasteiger partial charge in [-0.05, 0) is 0 Å². The van der Waals surface area contributed by atoms with Gasteiger partial charge in [0.05, 0.1) is 24.5 Å². The second-order valence-corrected chi connectivity index (χ2v) is 3.49. The van der Waals surface area contributed by atoms with Crippen LogP contribution in [0.5, 0.6) is 0 Å². The van der Waals surface area contributed by atoms with E-state index >= 15 is 0 Å². The van der Waals surface area contributed by atoms with Crippen molar-refractivity contribution in [3.8, 4) is 0 Å². The lowest BCUT2D eigenvalue weighted by atomic mass is 10.4. The van der Waals surface area contributed by atoms with E-state index in [0.29, 0.717) is 11.0 Å². The third-order valence-electron chi connectivity index (χ3n) is 1.99. The minimum Gasteiger partial charge on any atom is -0.247 e. The molecule has 0 saturated carbocycles. The lowest BCUT2D eigenvalue weighted by molar-refractivity contribution is -0.137. The highest BCUT2D eigenvalue weighted by atomic mass is 35.5. The van der Waals surface area contributed by atoms with E-state index in [-0.39, 0.29) is 11.7 Å². The van der Waals surface area contributed by atoms with Gasteiger partial charge in [-0.25, -0.2) is 14.6 Å². The Hall–Kier alpha value is -1.37. The molecule has 0 spiro atoms. The highest BCUT2D eigenvalue weighted by Gasteiger charge is 2.27. The van der Waals surface area contributed by atoms with E-state index in [9.17, 15) is 13.2 Å². The fraction of sp³-hybridized carbons (Fsp3) is 0.375. The molecule has 4 nitrogen and oxygen atoms in total. The Kier molecular flexibility index (Phi) is 2.71. The molecule has 0 amide bonds. The van der Waals surface area contributed by atoms with Gasteiger partial charge >= 0.3 is 6.18 Å². The van der Waals surface area contributed by atoms with Crippen LogP contribution in [0.3, 0.4) is 0 Å². The lowest BCUT2D eigenvalue weighted by Crippen LogP contribution is -2.13. The van der Waals surface area contributed by atoms with Crippen molar-refractivity contribution >= 4 is 22.6 Å². The first kappa shape index (κ1) is 11.1. The third kappa shape index (κ3) is 2.24. The summed E-state index contributed by atoms with van der Waals surface area (Å²) in [6.07, 6.45) is -2.62. The SMILES string of the molecule is FC(F)(F)CCn1ncc2c(Cl)ncnc21.